The van der Waals surface area contributed by atoms with Gasteiger partial charge in [-0.1, -0.05) is 23.7 Å². The minimum Gasteiger partial charge on any atom is -0.321 e. The van der Waals surface area contributed by atoms with Crippen LogP contribution in [0.25, 0.3) is 11.1 Å². The number of nitriles is 1. The van der Waals surface area contributed by atoms with Crippen molar-refractivity contribution in [1.82, 2.24) is 0 Å². The Balaban J connectivity index is 2.11. The lowest BCUT2D eigenvalue weighted by atomic mass is 10.0. The number of rotatable bonds is 4. The number of halogens is 7. The highest BCUT2D eigenvalue weighted by Crippen LogP contribution is 2.42. The van der Waals surface area contributed by atoms with Crippen LogP contribution in [0.5, 0.6) is 0 Å². The molecule has 1 heterocycles. The maximum atomic E-state index is 13.1. The lowest BCUT2D eigenvalue weighted by Gasteiger charge is -2.15. The van der Waals surface area contributed by atoms with Crippen LogP contribution in [0.15, 0.2) is 46.7 Å². The van der Waals surface area contributed by atoms with E-state index in [0.717, 1.165) is 11.3 Å². The van der Waals surface area contributed by atoms with Gasteiger partial charge in [-0.3, -0.25) is 4.79 Å². The standard InChI is InChI=1S/C21H11ClF6N2OS2/c1-32-19-15(9-29)16(10-2-4-13(22)5-3-10)17(33-19)18(31)30-14-7-11(20(23,24)25)6-12(8-14)21(26,27)28/h2-8H,1H3,(H,30,31). The summed E-state index contributed by atoms with van der Waals surface area (Å²) in [6.07, 6.45) is -8.45. The summed E-state index contributed by atoms with van der Waals surface area (Å²) in [5.74, 6) is -0.950. The maximum absolute atomic E-state index is 13.1. The molecule has 0 saturated heterocycles. The highest BCUT2D eigenvalue weighted by atomic mass is 35.5. The zero-order valence-corrected chi connectivity index (χ0v) is 18.7. The van der Waals surface area contributed by atoms with Gasteiger partial charge in [0.15, 0.2) is 0 Å². The molecule has 12 heteroatoms. The van der Waals surface area contributed by atoms with Crippen molar-refractivity contribution in [1.29, 1.82) is 5.26 Å². The first-order valence-corrected chi connectivity index (χ1v) is 11.2. The topological polar surface area (TPSA) is 52.9 Å². The Labute approximate surface area is 197 Å². The van der Waals surface area contributed by atoms with Crippen LogP contribution < -0.4 is 5.32 Å². The molecule has 0 aliphatic heterocycles. The van der Waals surface area contributed by atoms with Crippen molar-refractivity contribution in [2.45, 2.75) is 16.6 Å². The van der Waals surface area contributed by atoms with Crippen molar-refractivity contribution < 1.29 is 31.1 Å². The number of thiophene rings is 1. The van der Waals surface area contributed by atoms with Crippen LogP contribution in [-0.4, -0.2) is 12.2 Å². The van der Waals surface area contributed by atoms with Gasteiger partial charge in [-0.05, 0) is 42.2 Å². The number of hydrogen-bond donors (Lipinski definition) is 1. The largest absolute Gasteiger partial charge is 0.416 e. The Kier molecular flexibility index (Phi) is 7.02. The van der Waals surface area contributed by atoms with E-state index in [4.69, 9.17) is 11.6 Å². The molecule has 172 valence electrons. The molecule has 0 spiro atoms. The summed E-state index contributed by atoms with van der Waals surface area (Å²) in [7, 11) is 0. The third-order valence-electron chi connectivity index (χ3n) is 4.36. The van der Waals surface area contributed by atoms with Crippen LogP contribution in [-0.2, 0) is 12.4 Å². The van der Waals surface area contributed by atoms with Gasteiger partial charge in [0.1, 0.15) is 10.9 Å². The van der Waals surface area contributed by atoms with Gasteiger partial charge in [0.25, 0.3) is 5.91 Å². The number of carbonyl (C=O) groups is 1. The third-order valence-corrected chi connectivity index (χ3v) is 6.92. The first kappa shape index (κ1) is 25.0. The van der Waals surface area contributed by atoms with Gasteiger partial charge in [-0.25, -0.2) is 0 Å². The summed E-state index contributed by atoms with van der Waals surface area (Å²) >= 11 is 7.98. The second kappa shape index (κ2) is 9.29. The van der Waals surface area contributed by atoms with Crippen molar-refractivity contribution in [3.05, 3.63) is 69.1 Å². The van der Waals surface area contributed by atoms with Gasteiger partial charge in [0.05, 0.1) is 20.9 Å². The molecular formula is C21H11ClF6N2OS2. The summed E-state index contributed by atoms with van der Waals surface area (Å²) in [6.45, 7) is 0. The molecule has 3 nitrogen and oxygen atoms in total. The lowest BCUT2D eigenvalue weighted by molar-refractivity contribution is -0.143. The number of anilines is 1. The SMILES string of the molecule is CSc1sc(C(=O)Nc2cc(C(F)(F)F)cc(C(F)(F)F)c2)c(-c2ccc(Cl)cc2)c1C#N. The molecule has 3 aromatic rings. The number of nitrogens with one attached hydrogen (secondary N) is 1. The van der Waals surface area contributed by atoms with Crippen molar-refractivity contribution in [2.24, 2.45) is 0 Å². The Bertz CT molecular complexity index is 1210. The zero-order valence-electron chi connectivity index (χ0n) is 16.4. The highest BCUT2D eigenvalue weighted by Gasteiger charge is 2.37. The lowest BCUT2D eigenvalue weighted by Crippen LogP contribution is -2.15. The molecule has 1 amide bonds. The first-order chi connectivity index (χ1) is 15.3. The van der Waals surface area contributed by atoms with Gasteiger partial charge < -0.3 is 5.32 Å². The molecule has 1 N–H and O–H groups in total. The molecule has 0 aliphatic rings. The van der Waals surface area contributed by atoms with Crippen LogP contribution in [0.1, 0.15) is 26.4 Å². The number of carbonyl (C=O) groups excluding carboxylic acids is 1. The smallest absolute Gasteiger partial charge is 0.321 e. The minimum absolute atomic E-state index is 0.0282. The predicted molar refractivity (Wildman–Crippen MR) is 116 cm³/mol. The summed E-state index contributed by atoms with van der Waals surface area (Å²) < 4.78 is 79.3. The Hall–Kier alpha value is -2.68. The van der Waals surface area contributed by atoms with Crippen molar-refractivity contribution in [3.63, 3.8) is 0 Å². The van der Waals surface area contributed by atoms with Gasteiger partial charge in [0, 0.05) is 16.3 Å². The molecule has 3 rings (SSSR count). The van der Waals surface area contributed by atoms with E-state index in [2.05, 4.69) is 5.32 Å². The van der Waals surface area contributed by atoms with E-state index in [1.807, 2.05) is 6.07 Å². The third kappa shape index (κ3) is 5.46. The van der Waals surface area contributed by atoms with E-state index < -0.39 is 35.1 Å². The van der Waals surface area contributed by atoms with E-state index in [1.165, 1.54) is 23.9 Å². The molecule has 0 bridgehead atoms. The molecular weight excluding hydrogens is 510 g/mol. The number of alkyl halides is 6. The number of thioether (sulfide) groups is 1. The van der Waals surface area contributed by atoms with E-state index in [1.54, 1.807) is 18.4 Å². The second-order valence-corrected chi connectivity index (χ2v) is 9.07. The summed E-state index contributed by atoms with van der Waals surface area (Å²) in [5, 5.41) is 12.1. The molecule has 0 atom stereocenters. The van der Waals surface area contributed by atoms with E-state index in [9.17, 15) is 36.4 Å². The van der Waals surface area contributed by atoms with Crippen LogP contribution >= 0.6 is 34.7 Å². The Morgan fingerprint density at radius 3 is 2.03 bits per heavy atom. The summed E-state index contributed by atoms with van der Waals surface area (Å²) in [6, 6.07) is 8.98. The average Bonchev–Trinajstić information content (AvgIpc) is 3.11. The first-order valence-electron chi connectivity index (χ1n) is 8.82. The van der Waals surface area contributed by atoms with E-state index in [0.29, 0.717) is 26.9 Å². The normalized spacial score (nSPS) is 11.8. The number of nitrogens with zero attached hydrogens (tertiary/aromatic N) is 1. The molecule has 0 aliphatic carbocycles. The Morgan fingerprint density at radius 1 is 1.03 bits per heavy atom. The number of hydrogen-bond acceptors (Lipinski definition) is 4. The predicted octanol–water partition coefficient (Wildman–Crippen LogP) is 7.95. The highest BCUT2D eigenvalue weighted by molar-refractivity contribution is 8.00. The fourth-order valence-electron chi connectivity index (χ4n) is 2.92. The van der Waals surface area contributed by atoms with Crippen molar-refractivity contribution >= 4 is 46.3 Å². The minimum atomic E-state index is -5.06. The zero-order chi connectivity index (χ0) is 24.6. The second-order valence-electron chi connectivity index (χ2n) is 6.54. The Morgan fingerprint density at radius 2 is 1.58 bits per heavy atom. The number of amides is 1. The van der Waals surface area contributed by atoms with Crippen LogP contribution in [0.4, 0.5) is 32.0 Å². The number of benzene rings is 2. The fraction of sp³-hybridized carbons (Fsp3) is 0.143. The van der Waals surface area contributed by atoms with Crippen molar-refractivity contribution in [2.75, 3.05) is 11.6 Å². The van der Waals surface area contributed by atoms with Gasteiger partial charge >= 0.3 is 12.4 Å². The average molecular weight is 521 g/mol. The van der Waals surface area contributed by atoms with Crippen LogP contribution in [0.3, 0.4) is 0 Å². The molecule has 33 heavy (non-hydrogen) atoms. The van der Waals surface area contributed by atoms with Gasteiger partial charge in [0.2, 0.25) is 0 Å². The molecule has 0 saturated carbocycles. The van der Waals surface area contributed by atoms with E-state index in [-0.39, 0.29) is 22.1 Å². The van der Waals surface area contributed by atoms with Gasteiger partial charge in [-0.2, -0.15) is 31.6 Å². The van der Waals surface area contributed by atoms with Crippen molar-refractivity contribution in [3.8, 4) is 17.2 Å². The molecule has 0 radical (unpaired) electrons. The van der Waals surface area contributed by atoms with E-state index >= 15 is 0 Å². The molecule has 2 aromatic carbocycles. The van der Waals surface area contributed by atoms with Crippen LogP contribution in [0.2, 0.25) is 5.02 Å². The molecule has 1 aromatic heterocycles. The monoisotopic (exact) mass is 520 g/mol. The van der Waals surface area contributed by atoms with Crippen LogP contribution in [0, 0.1) is 11.3 Å². The quantitative estimate of drug-likeness (QED) is 0.280. The summed E-state index contributed by atoms with van der Waals surface area (Å²) in [4.78, 5) is 12.9. The van der Waals surface area contributed by atoms with Gasteiger partial charge in [-0.15, -0.1) is 23.1 Å². The summed E-state index contributed by atoms with van der Waals surface area (Å²) in [5.41, 5.74) is -2.97. The molecule has 0 fully saturated rings. The fourth-order valence-corrected chi connectivity index (χ4v) is 4.88. The molecule has 0 unspecified atom stereocenters. The maximum Gasteiger partial charge on any atom is 0.416 e.